The number of aliphatic hydroxyl groups excluding tert-OH is 1. The van der Waals surface area contributed by atoms with Crippen molar-refractivity contribution in [1.29, 1.82) is 0 Å². The van der Waals surface area contributed by atoms with E-state index in [9.17, 15) is 14.7 Å². The molecule has 1 aliphatic rings. The first-order valence-corrected chi connectivity index (χ1v) is 7.53. The van der Waals surface area contributed by atoms with Gasteiger partial charge in [-0.25, -0.2) is 0 Å². The molecular formula is C10H10Br2N2O3S. The van der Waals surface area contributed by atoms with Crippen LogP contribution in [0.2, 0.25) is 0 Å². The molecule has 1 aromatic heterocycles. The van der Waals surface area contributed by atoms with Crippen molar-refractivity contribution >= 4 is 55.0 Å². The molecule has 0 aliphatic carbocycles. The summed E-state index contributed by atoms with van der Waals surface area (Å²) in [5, 5.41) is 9.56. The van der Waals surface area contributed by atoms with Crippen LogP contribution >= 0.6 is 43.2 Å². The van der Waals surface area contributed by atoms with Gasteiger partial charge in [-0.2, -0.15) is 0 Å². The minimum absolute atomic E-state index is 0.138. The zero-order chi connectivity index (χ0) is 13.4. The van der Waals surface area contributed by atoms with Crippen LogP contribution in [0.4, 0.5) is 0 Å². The second-order valence-corrected chi connectivity index (χ2v) is 7.22. The van der Waals surface area contributed by atoms with Crippen molar-refractivity contribution in [3.05, 3.63) is 19.2 Å². The maximum Gasteiger partial charge on any atom is 0.264 e. The quantitative estimate of drug-likeness (QED) is 0.789. The van der Waals surface area contributed by atoms with Gasteiger partial charge in [0.25, 0.3) is 5.91 Å². The minimum atomic E-state index is -0.729. The van der Waals surface area contributed by atoms with Crippen molar-refractivity contribution in [3.8, 4) is 0 Å². The summed E-state index contributed by atoms with van der Waals surface area (Å²) in [7, 11) is 0. The lowest BCUT2D eigenvalue weighted by Gasteiger charge is -2.20. The smallest absolute Gasteiger partial charge is 0.264 e. The predicted octanol–water partition coefficient (Wildman–Crippen LogP) is 1.33. The number of rotatable bonds is 2. The number of nitrogens with two attached hydrogens (primary N) is 1. The van der Waals surface area contributed by atoms with Crippen molar-refractivity contribution < 1.29 is 14.7 Å². The second kappa shape index (κ2) is 5.28. The van der Waals surface area contributed by atoms with Gasteiger partial charge in [0.2, 0.25) is 5.91 Å². The van der Waals surface area contributed by atoms with Gasteiger partial charge in [-0.05, 0) is 37.9 Å². The van der Waals surface area contributed by atoms with Crippen LogP contribution in [0.5, 0.6) is 0 Å². The molecule has 1 saturated heterocycles. The molecule has 1 aliphatic heterocycles. The third-order valence-electron chi connectivity index (χ3n) is 2.72. The minimum Gasteiger partial charge on any atom is -0.391 e. The molecule has 3 N–H and O–H groups in total. The highest BCUT2D eigenvalue weighted by molar-refractivity contribution is 9.13. The number of halogens is 2. The maximum atomic E-state index is 12.2. The number of amides is 2. The topological polar surface area (TPSA) is 83.6 Å². The van der Waals surface area contributed by atoms with Crippen LogP contribution in [0.1, 0.15) is 16.1 Å². The molecule has 98 valence electrons. The zero-order valence-corrected chi connectivity index (χ0v) is 13.1. The van der Waals surface area contributed by atoms with Crippen LogP contribution in [0, 0.1) is 0 Å². The number of nitrogens with zero attached hydrogens (tertiary/aromatic N) is 1. The summed E-state index contributed by atoms with van der Waals surface area (Å²) in [6.45, 7) is 0.138. The average Bonchev–Trinajstić information content (AvgIpc) is 2.82. The fourth-order valence-corrected chi connectivity index (χ4v) is 3.89. The molecule has 8 heteroatoms. The lowest BCUT2D eigenvalue weighted by Crippen LogP contribution is -2.43. The van der Waals surface area contributed by atoms with Gasteiger partial charge in [-0.3, -0.25) is 9.59 Å². The van der Waals surface area contributed by atoms with Crippen molar-refractivity contribution in [2.45, 2.75) is 18.6 Å². The average molecular weight is 398 g/mol. The van der Waals surface area contributed by atoms with Crippen molar-refractivity contribution in [1.82, 2.24) is 4.90 Å². The number of thiophene rings is 1. The highest BCUT2D eigenvalue weighted by atomic mass is 79.9. The van der Waals surface area contributed by atoms with E-state index < -0.39 is 18.1 Å². The van der Waals surface area contributed by atoms with Gasteiger partial charge in [-0.15, -0.1) is 11.3 Å². The second-order valence-electron chi connectivity index (χ2n) is 4.00. The van der Waals surface area contributed by atoms with Gasteiger partial charge in [-0.1, -0.05) is 0 Å². The molecule has 5 nitrogen and oxygen atoms in total. The van der Waals surface area contributed by atoms with E-state index in [1.807, 2.05) is 0 Å². The third-order valence-corrected chi connectivity index (χ3v) is 5.97. The van der Waals surface area contributed by atoms with Gasteiger partial charge in [0, 0.05) is 17.4 Å². The first-order chi connectivity index (χ1) is 8.40. The van der Waals surface area contributed by atoms with E-state index in [0.29, 0.717) is 4.88 Å². The van der Waals surface area contributed by atoms with Crippen molar-refractivity contribution in [3.63, 3.8) is 0 Å². The molecule has 0 bridgehead atoms. The highest BCUT2D eigenvalue weighted by Gasteiger charge is 2.38. The van der Waals surface area contributed by atoms with E-state index >= 15 is 0 Å². The van der Waals surface area contributed by atoms with Crippen LogP contribution in [-0.4, -0.2) is 40.5 Å². The Morgan fingerprint density at radius 1 is 1.50 bits per heavy atom. The number of carbonyl (C=O) groups excluding carboxylic acids is 2. The predicted molar refractivity (Wildman–Crippen MR) is 74.4 cm³/mol. The van der Waals surface area contributed by atoms with Gasteiger partial charge < -0.3 is 15.7 Å². The molecule has 2 heterocycles. The molecule has 18 heavy (non-hydrogen) atoms. The van der Waals surface area contributed by atoms with Gasteiger partial charge in [0.15, 0.2) is 0 Å². The summed E-state index contributed by atoms with van der Waals surface area (Å²) in [6, 6.07) is 0.951. The molecular weight excluding hydrogens is 388 g/mol. The molecule has 0 aromatic carbocycles. The fraction of sp³-hybridized carbons (Fsp3) is 0.400. The molecule has 1 aromatic rings. The third kappa shape index (κ3) is 2.61. The van der Waals surface area contributed by atoms with Gasteiger partial charge >= 0.3 is 0 Å². The molecule has 2 atom stereocenters. The molecule has 1 fully saturated rings. The number of hydrogen-bond acceptors (Lipinski definition) is 4. The van der Waals surface area contributed by atoms with Crippen molar-refractivity contribution in [2.75, 3.05) is 6.54 Å². The van der Waals surface area contributed by atoms with Crippen LogP contribution in [0.3, 0.4) is 0 Å². The molecule has 2 amide bonds. The van der Waals surface area contributed by atoms with E-state index in [2.05, 4.69) is 31.9 Å². The van der Waals surface area contributed by atoms with E-state index in [1.165, 1.54) is 16.2 Å². The molecule has 0 spiro atoms. The van der Waals surface area contributed by atoms with Crippen LogP contribution in [0.15, 0.2) is 14.3 Å². The van der Waals surface area contributed by atoms with Crippen molar-refractivity contribution in [2.24, 2.45) is 5.73 Å². The standard InChI is InChI=1S/C10H10Br2N2O3S/c11-5-2-7(18-8(5)12)10(17)14-3-4(15)1-6(14)9(13)16/h2,4,6,15H,1,3H2,(H2,13,16). The van der Waals surface area contributed by atoms with Gasteiger partial charge in [0.05, 0.1) is 14.8 Å². The van der Waals surface area contributed by atoms with Crippen LogP contribution < -0.4 is 5.73 Å². The number of primary amides is 1. The summed E-state index contributed by atoms with van der Waals surface area (Å²) in [5.74, 6) is -0.874. The molecule has 0 saturated carbocycles. The number of carbonyl (C=O) groups is 2. The first-order valence-electron chi connectivity index (χ1n) is 5.13. The zero-order valence-electron chi connectivity index (χ0n) is 9.10. The van der Waals surface area contributed by atoms with E-state index in [4.69, 9.17) is 5.73 Å². The van der Waals surface area contributed by atoms with Gasteiger partial charge in [0.1, 0.15) is 6.04 Å². The Hall–Kier alpha value is -0.440. The summed E-state index contributed by atoms with van der Waals surface area (Å²) in [4.78, 5) is 25.3. The number of β-amino-alcohol motifs (C(OH)–C–C–N with tert-alkyl or cyclic N) is 1. The Bertz CT molecular complexity index is 486. The Balaban J connectivity index is 2.25. The number of hydrogen-bond donors (Lipinski definition) is 2. The maximum absolute atomic E-state index is 12.2. The lowest BCUT2D eigenvalue weighted by molar-refractivity contribution is -0.121. The first kappa shape index (κ1) is 14.0. The largest absolute Gasteiger partial charge is 0.391 e. The Labute approximate surface area is 124 Å². The number of aliphatic hydroxyl groups is 1. The fourth-order valence-electron chi connectivity index (χ4n) is 1.90. The summed E-state index contributed by atoms with van der Waals surface area (Å²) >= 11 is 7.88. The Morgan fingerprint density at radius 2 is 2.17 bits per heavy atom. The molecule has 2 unspecified atom stereocenters. The van der Waals surface area contributed by atoms with Crippen LogP contribution in [0.25, 0.3) is 0 Å². The van der Waals surface area contributed by atoms with E-state index in [-0.39, 0.29) is 18.9 Å². The monoisotopic (exact) mass is 396 g/mol. The number of likely N-dealkylation sites (tertiary alicyclic amines) is 1. The summed E-state index contributed by atoms with van der Waals surface area (Å²) < 4.78 is 1.59. The summed E-state index contributed by atoms with van der Waals surface area (Å²) in [6.07, 6.45) is -0.493. The van der Waals surface area contributed by atoms with E-state index in [1.54, 1.807) is 6.07 Å². The van der Waals surface area contributed by atoms with E-state index in [0.717, 1.165) is 8.26 Å². The Kier molecular flexibility index (Phi) is 4.10. The lowest BCUT2D eigenvalue weighted by atomic mass is 10.2. The summed E-state index contributed by atoms with van der Waals surface area (Å²) in [5.41, 5.74) is 5.24. The molecule has 2 rings (SSSR count). The normalized spacial score (nSPS) is 23.4. The SMILES string of the molecule is NC(=O)C1CC(O)CN1C(=O)c1cc(Br)c(Br)s1. The van der Waals surface area contributed by atoms with Crippen LogP contribution in [-0.2, 0) is 4.79 Å². The Morgan fingerprint density at radius 3 is 2.67 bits per heavy atom. The highest BCUT2D eigenvalue weighted by Crippen LogP contribution is 2.34. The molecule has 0 radical (unpaired) electrons.